The predicted molar refractivity (Wildman–Crippen MR) is 136 cm³/mol. The van der Waals surface area contributed by atoms with Crippen LogP contribution in [0.1, 0.15) is 33.6 Å². The zero-order chi connectivity index (χ0) is 21.6. The van der Waals surface area contributed by atoms with Gasteiger partial charge in [0.25, 0.3) is 0 Å². The average Bonchev–Trinajstić information content (AvgIpc) is 2.76. The summed E-state index contributed by atoms with van der Waals surface area (Å²) in [4.78, 5) is -0.514. The summed E-state index contributed by atoms with van der Waals surface area (Å²) in [6.45, 7) is 11.2. The lowest BCUT2D eigenvalue weighted by molar-refractivity contribution is 0.683. The molecule has 3 aromatic rings. The summed E-state index contributed by atoms with van der Waals surface area (Å²) < 4.78 is 0. The Morgan fingerprint density at radius 1 is 0.800 bits per heavy atom. The molecule has 154 valence electrons. The van der Waals surface area contributed by atoms with E-state index >= 15 is 0 Å². The first-order valence-electron chi connectivity index (χ1n) is 10.6. The maximum Gasteiger partial charge on any atom is 0.176 e. The van der Waals surface area contributed by atoms with Crippen molar-refractivity contribution in [3.05, 3.63) is 114 Å². The largest absolute Gasteiger partial charge is 0.176 e. The van der Waals surface area contributed by atoms with Crippen LogP contribution in [0.3, 0.4) is 0 Å². The van der Waals surface area contributed by atoms with E-state index < -0.39 is 12.9 Å². The highest BCUT2D eigenvalue weighted by Gasteiger charge is 2.47. The highest BCUT2D eigenvalue weighted by atomic mass is 35.5. The van der Waals surface area contributed by atoms with Gasteiger partial charge in [0.1, 0.15) is 0 Å². The molecule has 0 aliphatic rings. The van der Waals surface area contributed by atoms with Gasteiger partial charge in [-0.15, -0.1) is 18.2 Å². The van der Waals surface area contributed by atoms with Crippen molar-refractivity contribution >= 4 is 35.2 Å². The fourth-order valence-electron chi connectivity index (χ4n) is 4.26. The standard InChI is InChI=1S/C28H31ClSi/c1-23(2)15-14-22-28(4,29)24(3)30(25-16-8-5-9-17-25,26-18-10-6-11-19-26)27-20-12-7-13-21-27/h5-13,15-21H,3,14,22H2,1-2,4H3. The van der Waals surface area contributed by atoms with Crippen molar-refractivity contribution < 1.29 is 0 Å². The Kier molecular flexibility index (Phi) is 7.17. The van der Waals surface area contributed by atoms with Crippen molar-refractivity contribution in [2.24, 2.45) is 0 Å². The Labute approximate surface area is 188 Å². The number of hydrogen-bond donors (Lipinski definition) is 0. The predicted octanol–water partition coefficient (Wildman–Crippen LogP) is 6.00. The molecular formula is C28H31ClSi. The van der Waals surface area contributed by atoms with E-state index in [1.807, 2.05) is 0 Å². The molecule has 3 rings (SSSR count). The molecule has 0 saturated heterocycles. The SMILES string of the molecule is C=C(C(C)(Cl)CCC=C(C)C)[Si](c1ccccc1)(c1ccccc1)c1ccccc1. The van der Waals surface area contributed by atoms with E-state index in [9.17, 15) is 0 Å². The molecule has 0 heterocycles. The van der Waals surface area contributed by atoms with Crippen LogP contribution >= 0.6 is 11.6 Å². The summed E-state index contributed by atoms with van der Waals surface area (Å²) in [5.41, 5.74) is 1.32. The zero-order valence-corrected chi connectivity index (χ0v) is 20.0. The second-order valence-electron chi connectivity index (χ2n) is 8.34. The number of alkyl halides is 1. The molecule has 0 fully saturated rings. The molecular weight excluding hydrogens is 400 g/mol. The van der Waals surface area contributed by atoms with Crippen molar-refractivity contribution in [1.29, 1.82) is 0 Å². The first-order valence-corrected chi connectivity index (χ1v) is 13.0. The van der Waals surface area contributed by atoms with Crippen LogP contribution in [0, 0.1) is 0 Å². The molecule has 0 aromatic heterocycles. The van der Waals surface area contributed by atoms with Gasteiger partial charge >= 0.3 is 0 Å². The summed E-state index contributed by atoms with van der Waals surface area (Å²) in [6.07, 6.45) is 4.08. The van der Waals surface area contributed by atoms with E-state index in [2.05, 4.69) is 118 Å². The lowest BCUT2D eigenvalue weighted by atomic mass is 10.0. The molecule has 3 aromatic carbocycles. The molecule has 0 aliphatic heterocycles. The van der Waals surface area contributed by atoms with Crippen LogP contribution in [0.4, 0.5) is 0 Å². The van der Waals surface area contributed by atoms with Crippen LogP contribution in [-0.2, 0) is 0 Å². The third-order valence-electron chi connectivity index (χ3n) is 5.87. The van der Waals surface area contributed by atoms with Crippen LogP contribution in [-0.4, -0.2) is 12.9 Å². The summed E-state index contributed by atoms with van der Waals surface area (Å²) in [6, 6.07) is 32.5. The van der Waals surface area contributed by atoms with Crippen molar-refractivity contribution in [1.82, 2.24) is 0 Å². The highest BCUT2D eigenvalue weighted by Crippen LogP contribution is 2.35. The van der Waals surface area contributed by atoms with Crippen molar-refractivity contribution in [3.8, 4) is 0 Å². The summed E-state index contributed by atoms with van der Waals surface area (Å²) in [5.74, 6) is 0. The Bertz CT molecular complexity index is 888. The van der Waals surface area contributed by atoms with E-state index in [4.69, 9.17) is 18.2 Å². The molecule has 1 unspecified atom stereocenters. The van der Waals surface area contributed by atoms with Gasteiger partial charge in [-0.25, -0.2) is 0 Å². The van der Waals surface area contributed by atoms with E-state index in [0.717, 1.165) is 18.0 Å². The summed E-state index contributed by atoms with van der Waals surface area (Å²) in [7, 11) is -2.59. The molecule has 30 heavy (non-hydrogen) atoms. The number of rotatable bonds is 8. The molecule has 0 nitrogen and oxygen atoms in total. The molecule has 0 spiro atoms. The molecule has 2 heteroatoms. The second-order valence-corrected chi connectivity index (χ2v) is 13.0. The normalized spacial score (nSPS) is 13.3. The van der Waals surface area contributed by atoms with Gasteiger partial charge in [-0.3, -0.25) is 0 Å². The smallest absolute Gasteiger partial charge is 0.115 e. The van der Waals surface area contributed by atoms with Gasteiger partial charge in [-0.2, -0.15) is 0 Å². The lowest BCUT2D eigenvalue weighted by Crippen LogP contribution is -2.70. The molecule has 0 saturated carbocycles. The van der Waals surface area contributed by atoms with Crippen LogP contribution < -0.4 is 15.6 Å². The molecule has 0 radical (unpaired) electrons. The second kappa shape index (κ2) is 9.64. The minimum atomic E-state index is -2.59. The van der Waals surface area contributed by atoms with E-state index in [-0.39, 0.29) is 0 Å². The summed E-state index contributed by atoms with van der Waals surface area (Å²) >= 11 is 7.31. The Morgan fingerprint density at radius 2 is 1.17 bits per heavy atom. The van der Waals surface area contributed by atoms with E-state index in [1.54, 1.807) is 0 Å². The number of hydrogen-bond acceptors (Lipinski definition) is 0. The van der Waals surface area contributed by atoms with Gasteiger partial charge < -0.3 is 0 Å². The Morgan fingerprint density at radius 3 is 1.50 bits per heavy atom. The van der Waals surface area contributed by atoms with Gasteiger partial charge in [0.05, 0.1) is 4.87 Å². The Balaban J connectivity index is 2.26. The van der Waals surface area contributed by atoms with Crippen molar-refractivity contribution in [3.63, 3.8) is 0 Å². The highest BCUT2D eigenvalue weighted by molar-refractivity contribution is 7.16. The Hall–Kier alpha value is -2.35. The van der Waals surface area contributed by atoms with Gasteiger partial charge in [0, 0.05) is 0 Å². The quantitative estimate of drug-likeness (QED) is 0.178. The maximum atomic E-state index is 7.31. The van der Waals surface area contributed by atoms with Gasteiger partial charge in [0.2, 0.25) is 0 Å². The van der Waals surface area contributed by atoms with Crippen LogP contribution in [0.25, 0.3) is 0 Å². The monoisotopic (exact) mass is 430 g/mol. The van der Waals surface area contributed by atoms with Gasteiger partial charge in [-0.1, -0.05) is 108 Å². The molecule has 1 atom stereocenters. The summed E-state index contributed by atoms with van der Waals surface area (Å²) in [5, 5.41) is 5.10. The zero-order valence-electron chi connectivity index (χ0n) is 18.2. The van der Waals surface area contributed by atoms with Crippen molar-refractivity contribution in [2.75, 3.05) is 0 Å². The number of allylic oxidation sites excluding steroid dienone is 3. The minimum Gasteiger partial charge on any atom is -0.115 e. The topological polar surface area (TPSA) is 0 Å². The van der Waals surface area contributed by atoms with E-state index in [1.165, 1.54) is 21.1 Å². The third-order valence-corrected chi connectivity index (χ3v) is 11.5. The fraction of sp³-hybridized carbons (Fsp3) is 0.214. The lowest BCUT2D eigenvalue weighted by Gasteiger charge is -2.41. The fourth-order valence-corrected chi connectivity index (χ4v) is 9.82. The minimum absolute atomic E-state index is 0.514. The number of benzene rings is 3. The van der Waals surface area contributed by atoms with Crippen molar-refractivity contribution in [2.45, 2.75) is 38.5 Å². The first kappa shape index (κ1) is 22.3. The van der Waals surface area contributed by atoms with Crippen LogP contribution in [0.5, 0.6) is 0 Å². The average molecular weight is 431 g/mol. The van der Waals surface area contributed by atoms with Gasteiger partial charge in [0.15, 0.2) is 8.07 Å². The van der Waals surface area contributed by atoms with Gasteiger partial charge in [-0.05, 0) is 49.2 Å². The molecule has 0 aliphatic carbocycles. The molecule has 0 amide bonds. The number of halogens is 1. The maximum absolute atomic E-state index is 7.31. The van der Waals surface area contributed by atoms with Crippen LogP contribution in [0.2, 0.25) is 0 Å². The third kappa shape index (κ3) is 4.53. The molecule has 0 N–H and O–H groups in total. The van der Waals surface area contributed by atoms with E-state index in [0.29, 0.717) is 0 Å². The molecule has 0 bridgehead atoms. The first-order chi connectivity index (χ1) is 14.4. The van der Waals surface area contributed by atoms with Crippen LogP contribution in [0.15, 0.2) is 114 Å².